The van der Waals surface area contributed by atoms with E-state index in [-0.39, 0.29) is 17.7 Å². The van der Waals surface area contributed by atoms with Crippen molar-refractivity contribution in [3.8, 4) is 0 Å². The molecule has 2 saturated carbocycles. The molecule has 4 heterocycles. The van der Waals surface area contributed by atoms with Gasteiger partial charge in [0.05, 0.1) is 22.5 Å². The molecule has 2 unspecified atom stereocenters. The topological polar surface area (TPSA) is 97.9 Å². The van der Waals surface area contributed by atoms with Crippen LogP contribution in [0, 0.1) is 5.92 Å². The summed E-state index contributed by atoms with van der Waals surface area (Å²) in [5, 5.41) is 1.04. The van der Waals surface area contributed by atoms with Gasteiger partial charge in [0.1, 0.15) is 29.8 Å². The van der Waals surface area contributed by atoms with Gasteiger partial charge in [0.2, 0.25) is 0 Å². The van der Waals surface area contributed by atoms with Crippen molar-refractivity contribution in [3.63, 3.8) is 0 Å². The first-order valence-electron chi connectivity index (χ1n) is 16.1. The average molecular weight is 570 g/mol. The molecule has 42 heavy (non-hydrogen) atoms. The minimum Gasteiger partial charge on any atom is -0.383 e. The Hall–Kier alpha value is -2.97. The third-order valence-electron chi connectivity index (χ3n) is 10.0. The van der Waals surface area contributed by atoms with Crippen molar-refractivity contribution in [2.24, 2.45) is 5.92 Å². The highest BCUT2D eigenvalue weighted by Crippen LogP contribution is 2.46. The number of aromatic nitrogens is 5. The normalized spacial score (nSPS) is 24.8. The van der Waals surface area contributed by atoms with Crippen molar-refractivity contribution in [3.05, 3.63) is 47.7 Å². The maximum absolute atomic E-state index is 6.71. The highest BCUT2D eigenvalue weighted by atomic mass is 16.5. The number of rotatable bonds is 9. The molecular weight excluding hydrogens is 522 g/mol. The molecule has 8 heteroatoms. The van der Waals surface area contributed by atoms with E-state index in [1.54, 1.807) is 6.33 Å². The molecule has 2 aliphatic carbocycles. The van der Waals surface area contributed by atoms with Crippen LogP contribution in [-0.2, 0) is 16.6 Å². The van der Waals surface area contributed by atoms with Crippen LogP contribution >= 0.6 is 0 Å². The summed E-state index contributed by atoms with van der Waals surface area (Å²) in [5.74, 6) is 3.08. The second-order valence-corrected chi connectivity index (χ2v) is 14.5. The number of benzene rings is 1. The summed E-state index contributed by atoms with van der Waals surface area (Å²) in [7, 11) is 0. The first kappa shape index (κ1) is 27.8. The molecule has 1 saturated heterocycles. The standard InChI is InChI=1S/C34H47N7O/c1-20(2)40(24-14-21(15-24)6-12-29-38-27-11-9-23(34(3,4)5)16-28(27)39-29)17-25-10-13-30(42-25)41-18-26(22-7-8-22)31-32(35)36-19-37-33(31)41/h9,11,16,18-22,24-25,30H,6-8,10,12-15,17H2,1-5H3,(H,38,39)(H2,35,36,37). The zero-order valence-corrected chi connectivity index (χ0v) is 25.9. The fourth-order valence-corrected chi connectivity index (χ4v) is 7.30. The van der Waals surface area contributed by atoms with E-state index >= 15 is 0 Å². The van der Waals surface area contributed by atoms with Crippen LogP contribution in [0.15, 0.2) is 30.7 Å². The van der Waals surface area contributed by atoms with Crippen LogP contribution in [0.3, 0.4) is 0 Å². The van der Waals surface area contributed by atoms with Gasteiger partial charge in [0.25, 0.3) is 0 Å². The lowest BCUT2D eigenvalue weighted by atomic mass is 9.76. The molecule has 8 nitrogen and oxygen atoms in total. The SMILES string of the molecule is CC(C)N(CC1CCC(n2cc(C3CC3)c3c(N)ncnc32)O1)C1CC(CCc2nc3ccc(C(C)(C)C)cc3[nH]2)C1. The predicted molar refractivity (Wildman–Crippen MR) is 169 cm³/mol. The summed E-state index contributed by atoms with van der Waals surface area (Å²) >= 11 is 0. The van der Waals surface area contributed by atoms with E-state index in [1.807, 2.05) is 0 Å². The van der Waals surface area contributed by atoms with Gasteiger partial charge in [-0.25, -0.2) is 15.0 Å². The van der Waals surface area contributed by atoms with E-state index in [9.17, 15) is 0 Å². The van der Waals surface area contributed by atoms with Crippen molar-refractivity contribution in [1.29, 1.82) is 0 Å². The summed E-state index contributed by atoms with van der Waals surface area (Å²) in [6.07, 6.45) is 13.4. The Morgan fingerprint density at radius 2 is 1.93 bits per heavy atom. The molecule has 3 fully saturated rings. The maximum Gasteiger partial charge on any atom is 0.147 e. The van der Waals surface area contributed by atoms with Gasteiger partial charge in [-0.3, -0.25) is 4.90 Å². The number of nitrogens with two attached hydrogens (primary N) is 1. The number of nitrogens with zero attached hydrogens (tertiary/aromatic N) is 5. The van der Waals surface area contributed by atoms with Crippen molar-refractivity contribution in [2.75, 3.05) is 12.3 Å². The molecule has 0 radical (unpaired) electrons. The van der Waals surface area contributed by atoms with Crippen LogP contribution in [0.25, 0.3) is 22.1 Å². The van der Waals surface area contributed by atoms with Crippen molar-refractivity contribution >= 4 is 27.9 Å². The number of imidazole rings is 1. The van der Waals surface area contributed by atoms with Gasteiger partial charge in [-0.05, 0) is 99.3 Å². The van der Waals surface area contributed by atoms with Crippen molar-refractivity contribution in [1.82, 2.24) is 29.4 Å². The number of aromatic amines is 1. The Labute approximate surface area is 249 Å². The molecule has 0 amide bonds. The van der Waals surface area contributed by atoms with E-state index in [2.05, 4.69) is 83.4 Å². The van der Waals surface area contributed by atoms with Crippen LogP contribution in [0.2, 0.25) is 0 Å². The third kappa shape index (κ3) is 5.32. The number of anilines is 1. The highest BCUT2D eigenvalue weighted by molar-refractivity contribution is 5.90. The fourth-order valence-electron chi connectivity index (χ4n) is 7.30. The van der Waals surface area contributed by atoms with Crippen LogP contribution in [0.4, 0.5) is 5.82 Å². The predicted octanol–water partition coefficient (Wildman–Crippen LogP) is 6.86. The molecule has 4 aromatic rings. The zero-order chi connectivity index (χ0) is 29.2. The largest absolute Gasteiger partial charge is 0.383 e. The number of H-pyrrole nitrogens is 1. The molecule has 1 aromatic carbocycles. The molecule has 224 valence electrons. The Balaban J connectivity index is 0.944. The number of aryl methyl sites for hydroxylation is 1. The summed E-state index contributed by atoms with van der Waals surface area (Å²) in [6.45, 7) is 12.4. The number of hydrogen-bond donors (Lipinski definition) is 2. The Kier molecular flexibility index (Phi) is 7.05. The van der Waals surface area contributed by atoms with Gasteiger partial charge >= 0.3 is 0 Å². The summed E-state index contributed by atoms with van der Waals surface area (Å²) in [6, 6.07) is 7.81. The van der Waals surface area contributed by atoms with Gasteiger partial charge in [-0.1, -0.05) is 26.8 Å². The second-order valence-electron chi connectivity index (χ2n) is 14.5. The lowest BCUT2D eigenvalue weighted by molar-refractivity contribution is -0.0391. The minimum atomic E-state index is 0.0192. The Bertz CT molecular complexity index is 1570. The van der Waals surface area contributed by atoms with E-state index in [4.69, 9.17) is 15.5 Å². The monoisotopic (exact) mass is 569 g/mol. The van der Waals surface area contributed by atoms with Gasteiger partial charge in [0.15, 0.2) is 0 Å². The van der Waals surface area contributed by atoms with Crippen LogP contribution < -0.4 is 5.73 Å². The summed E-state index contributed by atoms with van der Waals surface area (Å²) < 4.78 is 8.94. The summed E-state index contributed by atoms with van der Waals surface area (Å²) in [4.78, 5) is 20.1. The molecular formula is C34H47N7O. The van der Waals surface area contributed by atoms with Crippen molar-refractivity contribution in [2.45, 2.75) is 122 Å². The number of nitrogen functional groups attached to an aromatic ring is 1. The molecule has 3 aromatic heterocycles. The third-order valence-corrected chi connectivity index (χ3v) is 10.0. The molecule has 0 spiro atoms. The smallest absolute Gasteiger partial charge is 0.147 e. The van der Waals surface area contributed by atoms with Gasteiger partial charge in [0, 0.05) is 31.2 Å². The Morgan fingerprint density at radius 3 is 2.67 bits per heavy atom. The number of hydrogen-bond acceptors (Lipinski definition) is 6. The van der Waals surface area contributed by atoms with E-state index in [0.717, 1.165) is 59.6 Å². The number of fused-ring (bicyclic) bond motifs is 2. The molecule has 1 aliphatic heterocycles. The van der Waals surface area contributed by atoms with Crippen LogP contribution in [0.1, 0.15) is 109 Å². The fraction of sp³-hybridized carbons (Fsp3) is 0.618. The molecule has 3 aliphatic rings. The van der Waals surface area contributed by atoms with E-state index in [1.165, 1.54) is 43.2 Å². The lowest BCUT2D eigenvalue weighted by Gasteiger charge is -2.46. The van der Waals surface area contributed by atoms with Crippen LogP contribution in [0.5, 0.6) is 0 Å². The molecule has 0 bridgehead atoms. The van der Waals surface area contributed by atoms with Gasteiger partial charge < -0.3 is 20.0 Å². The quantitative estimate of drug-likeness (QED) is 0.228. The minimum absolute atomic E-state index is 0.0192. The number of nitrogens with one attached hydrogen (secondary N) is 1. The van der Waals surface area contributed by atoms with Crippen molar-refractivity contribution < 1.29 is 4.74 Å². The van der Waals surface area contributed by atoms with Crippen LogP contribution in [-0.4, -0.2) is 54.1 Å². The summed E-state index contributed by atoms with van der Waals surface area (Å²) in [5.41, 5.74) is 12.3. The van der Waals surface area contributed by atoms with E-state index in [0.29, 0.717) is 23.8 Å². The highest BCUT2D eigenvalue weighted by Gasteiger charge is 2.38. The Morgan fingerprint density at radius 1 is 1.12 bits per heavy atom. The lowest BCUT2D eigenvalue weighted by Crippen LogP contribution is -2.50. The first-order chi connectivity index (χ1) is 20.1. The van der Waals surface area contributed by atoms with Gasteiger partial charge in [-0.15, -0.1) is 0 Å². The molecule has 2 atom stereocenters. The first-order valence-corrected chi connectivity index (χ1v) is 16.1. The average Bonchev–Trinajstić information content (AvgIpc) is 3.33. The molecule has 7 rings (SSSR count). The maximum atomic E-state index is 6.71. The molecule has 3 N–H and O–H groups in total. The zero-order valence-electron chi connectivity index (χ0n) is 25.9. The van der Waals surface area contributed by atoms with E-state index < -0.39 is 0 Å². The number of ether oxygens (including phenoxy) is 1. The van der Waals surface area contributed by atoms with Gasteiger partial charge in [-0.2, -0.15) is 0 Å². The second kappa shape index (κ2) is 10.6.